The van der Waals surface area contributed by atoms with E-state index in [9.17, 15) is 5.11 Å². The Kier molecular flexibility index (Phi) is 14.4. The van der Waals surface area contributed by atoms with Gasteiger partial charge in [-0.2, -0.15) is 0 Å². The first-order valence-electron chi connectivity index (χ1n) is 23.7. The number of ether oxygens (including phenoxy) is 5. The fourth-order valence-electron chi connectivity index (χ4n) is 12.9. The molecule has 5 aliphatic rings. The zero-order chi connectivity index (χ0) is 41.7. The third-order valence-corrected chi connectivity index (χ3v) is 16.2. The van der Waals surface area contributed by atoms with Gasteiger partial charge in [-0.05, 0) is 114 Å². The number of allylic oxidation sites excluding steroid dienone is 1. The molecule has 1 heterocycles. The Balaban J connectivity index is 0.968. The average Bonchev–Trinajstić information content (AvgIpc) is 3.62. The third-order valence-electron chi connectivity index (χ3n) is 16.2. The summed E-state index contributed by atoms with van der Waals surface area (Å²) >= 11 is 0. The Hall–Kier alpha value is -2.84. The highest BCUT2D eigenvalue weighted by molar-refractivity contribution is 5.26. The molecule has 0 amide bonds. The Labute approximate surface area is 361 Å². The predicted molar refractivity (Wildman–Crippen MR) is 239 cm³/mol. The zero-order valence-corrected chi connectivity index (χ0v) is 37.3. The molecule has 326 valence electrons. The van der Waals surface area contributed by atoms with Crippen molar-refractivity contribution in [3.8, 4) is 0 Å². The highest BCUT2D eigenvalue weighted by Crippen LogP contribution is 2.67. The van der Waals surface area contributed by atoms with E-state index in [2.05, 4.69) is 77.1 Å². The van der Waals surface area contributed by atoms with E-state index in [1.165, 1.54) is 51.4 Å². The van der Waals surface area contributed by atoms with Crippen LogP contribution in [0.4, 0.5) is 0 Å². The lowest BCUT2D eigenvalue weighted by Crippen LogP contribution is -2.61. The van der Waals surface area contributed by atoms with Crippen molar-refractivity contribution < 1.29 is 28.8 Å². The van der Waals surface area contributed by atoms with Crippen molar-refractivity contribution in [2.24, 2.45) is 46.3 Å². The van der Waals surface area contributed by atoms with Crippen LogP contribution in [-0.4, -0.2) is 48.5 Å². The molecule has 3 saturated carbocycles. The van der Waals surface area contributed by atoms with Gasteiger partial charge in [0.25, 0.3) is 0 Å². The molecule has 0 radical (unpaired) electrons. The number of hydrogen-bond acceptors (Lipinski definition) is 6. The molecule has 4 fully saturated rings. The second-order valence-corrected chi connectivity index (χ2v) is 20.3. The number of aliphatic hydroxyl groups excluding tert-OH is 1. The minimum absolute atomic E-state index is 0.0422. The van der Waals surface area contributed by atoms with Gasteiger partial charge in [0, 0.05) is 0 Å². The minimum Gasteiger partial charge on any atom is -0.385 e. The van der Waals surface area contributed by atoms with Crippen LogP contribution in [0.3, 0.4) is 0 Å². The number of benzene rings is 3. The number of fused-ring (bicyclic) bond motifs is 5. The SMILES string of the molecule is CC(C)CCC[C@@H](C)[C@H]1CC[C@H]2[C@@H]3CC=C4C[C@@H](OC5O[C@H](COCc6ccccc6)[C@H](OCc6ccccc6)[C@H](OCc6ccccc6)[C@H]5O)CC[C@]4(C)[C@H]3CC[C@]12C. The van der Waals surface area contributed by atoms with Crippen LogP contribution >= 0.6 is 0 Å². The van der Waals surface area contributed by atoms with Gasteiger partial charge in [0.05, 0.1) is 32.5 Å². The predicted octanol–water partition coefficient (Wildman–Crippen LogP) is 11.9. The lowest BCUT2D eigenvalue weighted by atomic mass is 9.47. The minimum atomic E-state index is -1.04. The van der Waals surface area contributed by atoms with Gasteiger partial charge in [0.1, 0.15) is 24.4 Å². The van der Waals surface area contributed by atoms with Crippen LogP contribution in [0.5, 0.6) is 0 Å². The molecule has 6 nitrogen and oxygen atoms in total. The van der Waals surface area contributed by atoms with Crippen LogP contribution in [0.25, 0.3) is 0 Å². The molecule has 60 heavy (non-hydrogen) atoms. The van der Waals surface area contributed by atoms with Crippen LogP contribution in [0, 0.1) is 46.3 Å². The van der Waals surface area contributed by atoms with E-state index in [1.807, 2.05) is 54.6 Å². The molecule has 1 unspecified atom stereocenters. The molecular weight excluding hydrogens is 745 g/mol. The highest BCUT2D eigenvalue weighted by Gasteiger charge is 2.59. The molecular formula is C54H74O6. The molecule has 4 aliphatic carbocycles. The van der Waals surface area contributed by atoms with E-state index in [-0.39, 0.29) is 18.1 Å². The Bertz CT molecular complexity index is 1800. The van der Waals surface area contributed by atoms with Crippen molar-refractivity contribution >= 4 is 0 Å². The van der Waals surface area contributed by atoms with Gasteiger partial charge in [-0.15, -0.1) is 0 Å². The number of aliphatic hydroxyl groups is 1. The summed E-state index contributed by atoms with van der Waals surface area (Å²) in [6, 6.07) is 30.5. The Morgan fingerprint density at radius 3 is 2.00 bits per heavy atom. The first-order valence-corrected chi connectivity index (χ1v) is 23.7. The quantitative estimate of drug-likeness (QED) is 0.137. The summed E-state index contributed by atoms with van der Waals surface area (Å²) < 4.78 is 33.3. The molecule has 3 aromatic rings. The molecule has 0 spiro atoms. The third kappa shape index (κ3) is 9.70. The van der Waals surface area contributed by atoms with Gasteiger partial charge in [-0.1, -0.05) is 157 Å². The van der Waals surface area contributed by atoms with E-state index in [1.54, 1.807) is 5.57 Å². The fraction of sp³-hybridized carbons (Fsp3) is 0.630. The molecule has 6 heteroatoms. The Morgan fingerprint density at radius 2 is 1.35 bits per heavy atom. The molecule has 8 rings (SSSR count). The maximum atomic E-state index is 12.2. The lowest BCUT2D eigenvalue weighted by Gasteiger charge is -2.58. The molecule has 3 aromatic carbocycles. The van der Waals surface area contributed by atoms with E-state index < -0.39 is 30.7 Å². The highest BCUT2D eigenvalue weighted by atomic mass is 16.7. The van der Waals surface area contributed by atoms with Crippen molar-refractivity contribution in [3.63, 3.8) is 0 Å². The van der Waals surface area contributed by atoms with Gasteiger partial charge in [0.15, 0.2) is 6.29 Å². The van der Waals surface area contributed by atoms with Crippen molar-refractivity contribution in [2.75, 3.05) is 6.61 Å². The van der Waals surface area contributed by atoms with Gasteiger partial charge in [0.2, 0.25) is 0 Å². The molecule has 0 bridgehead atoms. The van der Waals surface area contributed by atoms with Crippen molar-refractivity contribution in [2.45, 2.75) is 162 Å². The second kappa shape index (κ2) is 19.7. The van der Waals surface area contributed by atoms with E-state index in [0.717, 1.165) is 71.5 Å². The number of rotatable bonds is 17. The van der Waals surface area contributed by atoms with Gasteiger partial charge in [-0.25, -0.2) is 0 Å². The Morgan fingerprint density at radius 1 is 0.717 bits per heavy atom. The molecule has 0 aromatic heterocycles. The van der Waals surface area contributed by atoms with Crippen LogP contribution in [0.15, 0.2) is 103 Å². The second-order valence-electron chi connectivity index (χ2n) is 20.3. The molecule has 1 N–H and O–H groups in total. The van der Waals surface area contributed by atoms with Crippen molar-refractivity contribution in [1.82, 2.24) is 0 Å². The standard InChI is InChI=1S/C54H74O6/c1-37(2)16-15-17-38(3)45-26-27-46-44-25-24-42-32-43(28-30-53(42,4)47(44)29-31-54(45,46)5)59-52-49(55)51(58-35-41-22-13-8-14-23-41)50(57-34-40-20-11-7-12-21-40)48(60-52)36-56-33-39-18-9-6-10-19-39/h6-14,18-24,37-38,43-52,55H,15-17,25-36H2,1-5H3/t38-,43+,44+,45-,46+,47+,48-,49-,50+,51-,52?,53+,54-/m1/s1. The molecule has 1 aliphatic heterocycles. The topological polar surface area (TPSA) is 66.4 Å². The largest absolute Gasteiger partial charge is 0.385 e. The van der Waals surface area contributed by atoms with Crippen LogP contribution in [0.2, 0.25) is 0 Å². The first-order chi connectivity index (χ1) is 29.1. The van der Waals surface area contributed by atoms with E-state index >= 15 is 0 Å². The summed E-state index contributed by atoms with van der Waals surface area (Å²) in [6.45, 7) is 14.0. The van der Waals surface area contributed by atoms with Gasteiger partial charge in [-0.3, -0.25) is 0 Å². The average molecular weight is 819 g/mol. The first kappa shape index (κ1) is 43.8. The summed E-state index contributed by atoms with van der Waals surface area (Å²) in [6.07, 6.45) is 12.8. The lowest BCUT2D eigenvalue weighted by molar-refractivity contribution is -0.328. The maximum Gasteiger partial charge on any atom is 0.186 e. The van der Waals surface area contributed by atoms with Crippen molar-refractivity contribution in [3.05, 3.63) is 119 Å². The van der Waals surface area contributed by atoms with Gasteiger partial charge < -0.3 is 28.8 Å². The zero-order valence-electron chi connectivity index (χ0n) is 37.3. The summed E-state index contributed by atoms with van der Waals surface area (Å²) in [5.74, 6) is 4.88. The van der Waals surface area contributed by atoms with Crippen LogP contribution in [0.1, 0.15) is 122 Å². The summed E-state index contributed by atoms with van der Waals surface area (Å²) in [4.78, 5) is 0. The maximum absolute atomic E-state index is 12.2. The van der Waals surface area contributed by atoms with Crippen molar-refractivity contribution in [1.29, 1.82) is 0 Å². The van der Waals surface area contributed by atoms with Gasteiger partial charge >= 0.3 is 0 Å². The fourth-order valence-corrected chi connectivity index (χ4v) is 12.9. The summed E-state index contributed by atoms with van der Waals surface area (Å²) in [5, 5.41) is 12.2. The molecule has 1 saturated heterocycles. The smallest absolute Gasteiger partial charge is 0.186 e. The van der Waals surface area contributed by atoms with E-state index in [4.69, 9.17) is 23.7 Å². The number of hydrogen-bond donors (Lipinski definition) is 1. The summed E-state index contributed by atoms with van der Waals surface area (Å²) in [7, 11) is 0. The monoisotopic (exact) mass is 819 g/mol. The van der Waals surface area contributed by atoms with E-state index in [0.29, 0.717) is 25.2 Å². The van der Waals surface area contributed by atoms with Crippen LogP contribution in [-0.2, 0) is 43.5 Å². The molecule has 13 atom stereocenters. The normalized spacial score (nSPS) is 35.6. The summed E-state index contributed by atoms with van der Waals surface area (Å²) in [5.41, 5.74) is 5.45. The van der Waals surface area contributed by atoms with Crippen LogP contribution < -0.4 is 0 Å².